The molecule has 9 heteroatoms. The highest BCUT2D eigenvalue weighted by Crippen LogP contribution is 2.17. The molecule has 134 valence electrons. The van der Waals surface area contributed by atoms with Crippen LogP contribution in [0, 0.1) is 0 Å². The molecule has 0 aliphatic heterocycles. The van der Waals surface area contributed by atoms with E-state index in [9.17, 15) is 13.2 Å². The fourth-order valence-corrected chi connectivity index (χ4v) is 3.30. The number of nitrogens with zero attached hydrogens (tertiary/aromatic N) is 4. The second-order valence-electron chi connectivity index (χ2n) is 5.53. The molecule has 0 saturated carbocycles. The first-order chi connectivity index (χ1) is 12.5. The predicted molar refractivity (Wildman–Crippen MR) is 95.6 cm³/mol. The Hall–Kier alpha value is -3.07. The molecule has 0 radical (unpaired) electrons. The van der Waals surface area contributed by atoms with Gasteiger partial charge in [0, 0.05) is 18.2 Å². The van der Waals surface area contributed by atoms with Gasteiger partial charge in [0.1, 0.15) is 6.33 Å². The van der Waals surface area contributed by atoms with Gasteiger partial charge in [-0.2, -0.15) is 4.98 Å². The molecule has 0 saturated heterocycles. The SMILES string of the molecule is CCCC(=O)c1cccc(S(=O)(=O)Nc2ncn(-c3cccnc3)n2)c1. The lowest BCUT2D eigenvalue weighted by Crippen LogP contribution is -2.15. The third-order valence-electron chi connectivity index (χ3n) is 3.57. The van der Waals surface area contributed by atoms with E-state index < -0.39 is 10.0 Å². The van der Waals surface area contributed by atoms with Crippen LogP contribution in [0.4, 0.5) is 5.95 Å². The maximum Gasteiger partial charge on any atom is 0.264 e. The second-order valence-corrected chi connectivity index (χ2v) is 7.21. The molecular weight excluding hydrogens is 354 g/mol. The van der Waals surface area contributed by atoms with E-state index in [1.165, 1.54) is 23.1 Å². The van der Waals surface area contributed by atoms with Crippen molar-refractivity contribution in [3.8, 4) is 5.69 Å². The molecule has 3 aromatic rings. The van der Waals surface area contributed by atoms with Crippen LogP contribution in [0.15, 0.2) is 60.0 Å². The molecule has 0 unspecified atom stereocenters. The number of pyridine rings is 1. The van der Waals surface area contributed by atoms with E-state index in [-0.39, 0.29) is 16.6 Å². The highest BCUT2D eigenvalue weighted by molar-refractivity contribution is 7.92. The number of Topliss-reactive ketones (excluding diaryl/α,β-unsaturated/α-hetero) is 1. The number of anilines is 1. The number of carbonyl (C=O) groups excluding carboxylic acids is 1. The first-order valence-corrected chi connectivity index (χ1v) is 9.46. The van der Waals surface area contributed by atoms with Gasteiger partial charge in [-0.05, 0) is 30.7 Å². The van der Waals surface area contributed by atoms with Crippen molar-refractivity contribution in [2.45, 2.75) is 24.7 Å². The smallest absolute Gasteiger partial charge is 0.264 e. The topological polar surface area (TPSA) is 107 Å². The molecule has 3 rings (SSSR count). The number of benzene rings is 1. The van der Waals surface area contributed by atoms with Crippen LogP contribution in [-0.2, 0) is 10.0 Å². The third-order valence-corrected chi connectivity index (χ3v) is 4.90. The quantitative estimate of drug-likeness (QED) is 0.639. The minimum absolute atomic E-state index is 0.0165. The number of carbonyl (C=O) groups is 1. The highest BCUT2D eigenvalue weighted by Gasteiger charge is 2.18. The first-order valence-electron chi connectivity index (χ1n) is 7.98. The van der Waals surface area contributed by atoms with Crippen molar-refractivity contribution < 1.29 is 13.2 Å². The number of sulfonamides is 1. The Kier molecular flexibility index (Phi) is 5.08. The number of aromatic nitrogens is 4. The zero-order valence-electron chi connectivity index (χ0n) is 14.0. The minimum atomic E-state index is -3.91. The van der Waals surface area contributed by atoms with Crippen LogP contribution in [0.1, 0.15) is 30.1 Å². The van der Waals surface area contributed by atoms with Crippen LogP contribution in [0.2, 0.25) is 0 Å². The summed E-state index contributed by atoms with van der Waals surface area (Å²) in [5, 5.41) is 4.09. The van der Waals surface area contributed by atoms with E-state index in [2.05, 4.69) is 19.8 Å². The van der Waals surface area contributed by atoms with E-state index >= 15 is 0 Å². The van der Waals surface area contributed by atoms with Crippen molar-refractivity contribution in [2.24, 2.45) is 0 Å². The Balaban J connectivity index is 1.83. The summed E-state index contributed by atoms with van der Waals surface area (Å²) < 4.78 is 28.8. The van der Waals surface area contributed by atoms with Crippen LogP contribution in [0.3, 0.4) is 0 Å². The van der Waals surface area contributed by atoms with Gasteiger partial charge in [0.05, 0.1) is 16.8 Å². The maximum absolute atomic E-state index is 12.6. The van der Waals surface area contributed by atoms with E-state index in [1.807, 2.05) is 6.92 Å². The van der Waals surface area contributed by atoms with Gasteiger partial charge in [-0.1, -0.05) is 19.1 Å². The molecule has 0 bridgehead atoms. The third kappa shape index (κ3) is 3.94. The van der Waals surface area contributed by atoms with Crippen molar-refractivity contribution in [3.63, 3.8) is 0 Å². The number of rotatable bonds is 7. The zero-order valence-corrected chi connectivity index (χ0v) is 14.8. The number of ketones is 1. The van der Waals surface area contributed by atoms with Crippen molar-refractivity contribution in [1.82, 2.24) is 19.7 Å². The van der Waals surface area contributed by atoms with Gasteiger partial charge in [0.15, 0.2) is 5.78 Å². The summed E-state index contributed by atoms with van der Waals surface area (Å²) in [6.07, 6.45) is 5.65. The van der Waals surface area contributed by atoms with Gasteiger partial charge < -0.3 is 0 Å². The molecule has 1 N–H and O–H groups in total. The average molecular weight is 371 g/mol. The normalized spacial score (nSPS) is 11.3. The van der Waals surface area contributed by atoms with E-state index in [0.29, 0.717) is 24.1 Å². The molecule has 26 heavy (non-hydrogen) atoms. The molecule has 8 nitrogen and oxygen atoms in total. The first kappa shape index (κ1) is 17.7. The molecule has 0 fully saturated rings. The molecule has 2 heterocycles. The molecule has 0 atom stereocenters. The van der Waals surface area contributed by atoms with Crippen LogP contribution in [0.25, 0.3) is 5.69 Å². The Bertz CT molecular complexity index is 1020. The van der Waals surface area contributed by atoms with Crippen molar-refractivity contribution >= 4 is 21.8 Å². The Morgan fingerprint density at radius 1 is 1.23 bits per heavy atom. The average Bonchev–Trinajstić information content (AvgIpc) is 3.10. The number of hydrogen-bond acceptors (Lipinski definition) is 6. The Morgan fingerprint density at radius 2 is 2.08 bits per heavy atom. The summed E-state index contributed by atoms with van der Waals surface area (Å²) >= 11 is 0. The van der Waals surface area contributed by atoms with Crippen LogP contribution in [-0.4, -0.2) is 33.9 Å². The van der Waals surface area contributed by atoms with Gasteiger partial charge in [0.2, 0.25) is 0 Å². The van der Waals surface area contributed by atoms with E-state index in [1.54, 1.807) is 36.7 Å². The molecule has 0 spiro atoms. The van der Waals surface area contributed by atoms with E-state index in [0.717, 1.165) is 0 Å². The summed E-state index contributed by atoms with van der Waals surface area (Å²) in [5.41, 5.74) is 1.01. The summed E-state index contributed by atoms with van der Waals surface area (Å²) in [7, 11) is -3.91. The van der Waals surface area contributed by atoms with Gasteiger partial charge in [-0.15, -0.1) is 5.10 Å². The molecule has 1 aromatic carbocycles. The van der Waals surface area contributed by atoms with Gasteiger partial charge in [-0.25, -0.2) is 17.8 Å². The predicted octanol–water partition coefficient (Wildman–Crippen LogP) is 2.45. The largest absolute Gasteiger partial charge is 0.294 e. The lowest BCUT2D eigenvalue weighted by atomic mass is 10.1. The molecule has 0 amide bonds. The molecule has 2 aromatic heterocycles. The van der Waals surface area contributed by atoms with Crippen LogP contribution in [0.5, 0.6) is 0 Å². The molecule has 0 aliphatic carbocycles. The molecular formula is C17H17N5O3S. The van der Waals surface area contributed by atoms with Crippen molar-refractivity contribution in [3.05, 3.63) is 60.7 Å². The highest BCUT2D eigenvalue weighted by atomic mass is 32.2. The van der Waals surface area contributed by atoms with Gasteiger partial charge >= 0.3 is 0 Å². The second kappa shape index (κ2) is 7.44. The van der Waals surface area contributed by atoms with E-state index in [4.69, 9.17) is 0 Å². The van der Waals surface area contributed by atoms with Crippen LogP contribution >= 0.6 is 0 Å². The summed E-state index contributed by atoms with van der Waals surface area (Å²) in [6.45, 7) is 1.89. The Labute approximate surface area is 151 Å². The minimum Gasteiger partial charge on any atom is -0.294 e. The van der Waals surface area contributed by atoms with Gasteiger partial charge in [-0.3, -0.25) is 9.78 Å². The monoisotopic (exact) mass is 371 g/mol. The fourth-order valence-electron chi connectivity index (χ4n) is 2.31. The fraction of sp³-hybridized carbons (Fsp3) is 0.176. The standard InChI is InChI=1S/C17H17N5O3S/c1-2-5-16(23)13-6-3-8-15(10-13)26(24,25)21-17-19-12-22(20-17)14-7-4-9-18-11-14/h3-4,6-12H,2,5H2,1H3,(H,20,21). The molecule has 0 aliphatic rings. The summed E-state index contributed by atoms with van der Waals surface area (Å²) in [4.78, 5) is 19.9. The lowest BCUT2D eigenvalue weighted by molar-refractivity contribution is 0.0981. The van der Waals surface area contributed by atoms with Crippen LogP contribution < -0.4 is 4.72 Å². The summed E-state index contributed by atoms with van der Waals surface area (Å²) in [5.74, 6) is -0.164. The summed E-state index contributed by atoms with van der Waals surface area (Å²) in [6, 6.07) is 9.43. The lowest BCUT2D eigenvalue weighted by Gasteiger charge is -2.06. The zero-order chi connectivity index (χ0) is 18.6. The van der Waals surface area contributed by atoms with Crippen molar-refractivity contribution in [2.75, 3.05) is 4.72 Å². The van der Waals surface area contributed by atoms with Crippen molar-refractivity contribution in [1.29, 1.82) is 0 Å². The number of nitrogens with one attached hydrogen (secondary N) is 1. The van der Waals surface area contributed by atoms with Gasteiger partial charge in [0.25, 0.3) is 16.0 Å². The maximum atomic E-state index is 12.6. The number of hydrogen-bond donors (Lipinski definition) is 1. The Morgan fingerprint density at radius 3 is 2.81 bits per heavy atom.